The van der Waals surface area contributed by atoms with Gasteiger partial charge in [-0.2, -0.15) is 0 Å². The Labute approximate surface area is 188 Å². The molecule has 1 atom stereocenters. The Kier molecular flexibility index (Phi) is 7.12. The Hall–Kier alpha value is -3.25. The molecular formula is C26H28FN3O2. The predicted molar refractivity (Wildman–Crippen MR) is 122 cm³/mol. The van der Waals surface area contributed by atoms with E-state index in [9.17, 15) is 9.18 Å². The molecule has 1 aromatic heterocycles. The van der Waals surface area contributed by atoms with Crippen molar-refractivity contribution in [3.05, 3.63) is 95.6 Å². The summed E-state index contributed by atoms with van der Waals surface area (Å²) in [6.07, 6.45) is 3.64. The maximum atomic E-state index is 13.6. The van der Waals surface area contributed by atoms with Gasteiger partial charge >= 0.3 is 0 Å². The summed E-state index contributed by atoms with van der Waals surface area (Å²) in [5.41, 5.74) is 2.42. The topological polar surface area (TPSA) is 54.5 Å². The van der Waals surface area contributed by atoms with Crippen LogP contribution in [-0.4, -0.2) is 36.0 Å². The molecule has 6 heteroatoms. The summed E-state index contributed by atoms with van der Waals surface area (Å²) in [5.74, 6) is 0.425. The first-order chi connectivity index (χ1) is 15.6. The summed E-state index contributed by atoms with van der Waals surface area (Å²) in [6, 6.07) is 19.5. The number of halogens is 1. The van der Waals surface area contributed by atoms with E-state index in [4.69, 9.17) is 4.74 Å². The summed E-state index contributed by atoms with van der Waals surface area (Å²) in [6.45, 7) is 2.77. The van der Waals surface area contributed by atoms with Crippen molar-refractivity contribution in [2.24, 2.45) is 5.92 Å². The van der Waals surface area contributed by atoms with Crippen molar-refractivity contribution in [2.45, 2.75) is 25.4 Å². The number of benzene rings is 2. The number of likely N-dealkylation sites (tertiary alicyclic amines) is 1. The van der Waals surface area contributed by atoms with Gasteiger partial charge in [-0.3, -0.25) is 14.7 Å². The van der Waals surface area contributed by atoms with Gasteiger partial charge in [0, 0.05) is 18.3 Å². The normalized spacial score (nSPS) is 15.8. The number of piperidine rings is 1. The van der Waals surface area contributed by atoms with Crippen LogP contribution in [0.2, 0.25) is 0 Å². The molecule has 166 valence electrons. The Bertz CT molecular complexity index is 1020. The lowest BCUT2D eigenvalue weighted by atomic mass is 9.87. The van der Waals surface area contributed by atoms with Crippen LogP contribution in [0, 0.1) is 11.7 Å². The number of rotatable bonds is 7. The van der Waals surface area contributed by atoms with Gasteiger partial charge in [-0.25, -0.2) is 4.39 Å². The molecule has 0 radical (unpaired) electrons. The number of ether oxygens (including phenoxy) is 1. The van der Waals surface area contributed by atoms with Gasteiger partial charge in [-0.1, -0.05) is 24.3 Å². The number of carbonyl (C=O) groups is 1. The van der Waals surface area contributed by atoms with Gasteiger partial charge in [0.15, 0.2) is 0 Å². The standard InChI is InChI=1S/C26H28FN3O2/c1-32-23-10-8-19(9-11-23)18-30-15-12-20(13-16-30)25(24-7-2-3-14-28-24)29-26(31)21-5-4-6-22(27)17-21/h2-11,14,17,20,25H,12-13,15-16,18H2,1H3,(H,29,31). The molecule has 0 spiro atoms. The molecule has 1 aliphatic heterocycles. The third-order valence-corrected chi connectivity index (χ3v) is 6.05. The Morgan fingerprint density at radius 3 is 2.56 bits per heavy atom. The Morgan fingerprint density at radius 1 is 1.12 bits per heavy atom. The molecule has 4 rings (SSSR count). The molecule has 1 fully saturated rings. The van der Waals surface area contributed by atoms with Crippen LogP contribution in [0.4, 0.5) is 4.39 Å². The molecule has 1 aliphatic rings. The molecule has 1 N–H and O–H groups in total. The molecule has 32 heavy (non-hydrogen) atoms. The number of aromatic nitrogens is 1. The molecule has 2 heterocycles. The highest BCUT2D eigenvalue weighted by atomic mass is 19.1. The Morgan fingerprint density at radius 2 is 1.91 bits per heavy atom. The fraction of sp³-hybridized carbons (Fsp3) is 0.308. The molecule has 1 unspecified atom stereocenters. The van der Waals surface area contributed by atoms with E-state index in [0.29, 0.717) is 5.56 Å². The molecular weight excluding hydrogens is 405 g/mol. The van der Waals surface area contributed by atoms with E-state index in [1.165, 1.54) is 17.7 Å². The minimum atomic E-state index is -0.418. The van der Waals surface area contributed by atoms with Crippen LogP contribution in [0.25, 0.3) is 0 Å². The number of nitrogens with zero attached hydrogens (tertiary/aromatic N) is 2. The predicted octanol–water partition coefficient (Wildman–Crippen LogP) is 4.61. The zero-order chi connectivity index (χ0) is 22.3. The molecule has 0 aliphatic carbocycles. The van der Waals surface area contributed by atoms with E-state index in [1.54, 1.807) is 25.4 Å². The number of methoxy groups -OCH3 is 1. The minimum absolute atomic E-state index is 0.213. The van der Waals surface area contributed by atoms with E-state index in [-0.39, 0.29) is 17.9 Å². The van der Waals surface area contributed by atoms with Crippen LogP contribution < -0.4 is 10.1 Å². The molecule has 5 nitrogen and oxygen atoms in total. The van der Waals surface area contributed by atoms with Gasteiger partial charge in [-0.05, 0) is 79.9 Å². The monoisotopic (exact) mass is 433 g/mol. The fourth-order valence-electron chi connectivity index (χ4n) is 4.28. The first-order valence-corrected chi connectivity index (χ1v) is 10.9. The van der Waals surface area contributed by atoms with Gasteiger partial charge in [0.1, 0.15) is 11.6 Å². The van der Waals surface area contributed by atoms with Crippen LogP contribution in [0.5, 0.6) is 5.75 Å². The second-order valence-electron chi connectivity index (χ2n) is 8.18. The number of carbonyl (C=O) groups excluding carboxylic acids is 1. The summed E-state index contributed by atoms with van der Waals surface area (Å²) >= 11 is 0. The van der Waals surface area contributed by atoms with Crippen molar-refractivity contribution in [1.29, 1.82) is 0 Å². The lowest BCUT2D eigenvalue weighted by Gasteiger charge is -2.36. The molecule has 2 aromatic carbocycles. The molecule has 3 aromatic rings. The van der Waals surface area contributed by atoms with Crippen LogP contribution in [0.3, 0.4) is 0 Å². The number of hydrogen-bond acceptors (Lipinski definition) is 4. The van der Waals surface area contributed by atoms with Gasteiger partial charge in [-0.15, -0.1) is 0 Å². The highest BCUT2D eigenvalue weighted by Crippen LogP contribution is 2.31. The highest BCUT2D eigenvalue weighted by molar-refractivity contribution is 5.94. The maximum absolute atomic E-state index is 13.6. The molecule has 0 saturated carbocycles. The molecule has 1 saturated heterocycles. The highest BCUT2D eigenvalue weighted by Gasteiger charge is 2.30. The summed E-state index contributed by atoms with van der Waals surface area (Å²) in [5, 5.41) is 3.12. The van der Waals surface area contributed by atoms with Gasteiger partial charge < -0.3 is 10.1 Å². The first kappa shape index (κ1) is 22.0. The average molecular weight is 434 g/mol. The van der Waals surface area contributed by atoms with Gasteiger partial charge in [0.05, 0.1) is 18.8 Å². The smallest absolute Gasteiger partial charge is 0.251 e. The number of nitrogens with one attached hydrogen (secondary N) is 1. The van der Waals surface area contributed by atoms with E-state index >= 15 is 0 Å². The van der Waals surface area contributed by atoms with Crippen LogP contribution in [0.15, 0.2) is 72.9 Å². The van der Waals surface area contributed by atoms with Gasteiger partial charge in [0.25, 0.3) is 5.91 Å². The summed E-state index contributed by atoms with van der Waals surface area (Å²) < 4.78 is 18.8. The van der Waals surface area contributed by atoms with E-state index in [2.05, 4.69) is 27.3 Å². The fourth-order valence-corrected chi connectivity index (χ4v) is 4.28. The van der Waals surface area contributed by atoms with Crippen molar-refractivity contribution in [2.75, 3.05) is 20.2 Å². The van der Waals surface area contributed by atoms with Crippen molar-refractivity contribution < 1.29 is 13.9 Å². The third-order valence-electron chi connectivity index (χ3n) is 6.05. The zero-order valence-corrected chi connectivity index (χ0v) is 18.2. The van der Waals surface area contributed by atoms with Crippen LogP contribution >= 0.6 is 0 Å². The average Bonchev–Trinajstić information content (AvgIpc) is 2.84. The molecule has 1 amide bonds. The third kappa shape index (κ3) is 5.51. The minimum Gasteiger partial charge on any atom is -0.497 e. The number of amides is 1. The van der Waals surface area contributed by atoms with Crippen LogP contribution in [0.1, 0.15) is 40.5 Å². The number of pyridine rings is 1. The van der Waals surface area contributed by atoms with Gasteiger partial charge in [0.2, 0.25) is 0 Å². The lowest BCUT2D eigenvalue weighted by molar-refractivity contribution is 0.0888. The molecule has 0 bridgehead atoms. The Balaban J connectivity index is 1.42. The second-order valence-corrected chi connectivity index (χ2v) is 8.18. The maximum Gasteiger partial charge on any atom is 0.251 e. The van der Waals surface area contributed by atoms with Crippen molar-refractivity contribution in [3.8, 4) is 5.75 Å². The first-order valence-electron chi connectivity index (χ1n) is 10.9. The number of hydrogen-bond donors (Lipinski definition) is 1. The SMILES string of the molecule is COc1ccc(CN2CCC(C(NC(=O)c3cccc(F)c3)c3ccccn3)CC2)cc1. The van der Waals surface area contributed by atoms with E-state index in [0.717, 1.165) is 43.9 Å². The van der Waals surface area contributed by atoms with Crippen molar-refractivity contribution in [3.63, 3.8) is 0 Å². The zero-order valence-electron chi connectivity index (χ0n) is 18.2. The van der Waals surface area contributed by atoms with Crippen LogP contribution in [-0.2, 0) is 6.54 Å². The van der Waals surface area contributed by atoms with Crippen molar-refractivity contribution >= 4 is 5.91 Å². The summed E-state index contributed by atoms with van der Waals surface area (Å²) in [7, 11) is 1.67. The second kappa shape index (κ2) is 10.4. The largest absolute Gasteiger partial charge is 0.497 e. The lowest BCUT2D eigenvalue weighted by Crippen LogP contribution is -2.40. The van der Waals surface area contributed by atoms with E-state index < -0.39 is 5.82 Å². The quantitative estimate of drug-likeness (QED) is 0.591. The van der Waals surface area contributed by atoms with E-state index in [1.807, 2.05) is 30.3 Å². The van der Waals surface area contributed by atoms with Crippen molar-refractivity contribution in [1.82, 2.24) is 15.2 Å². The summed E-state index contributed by atoms with van der Waals surface area (Å²) in [4.78, 5) is 19.8.